The third kappa shape index (κ3) is 2.27. The molecule has 0 unspecified atom stereocenters. The lowest BCUT2D eigenvalue weighted by atomic mass is 10.2. The summed E-state index contributed by atoms with van der Waals surface area (Å²) >= 11 is 1.37. The van der Waals surface area contributed by atoms with Crippen molar-refractivity contribution in [1.29, 1.82) is 0 Å². The van der Waals surface area contributed by atoms with Crippen LogP contribution in [0.2, 0.25) is 0 Å². The maximum Gasteiger partial charge on any atom is 0.216 e. The Morgan fingerprint density at radius 2 is 2.25 bits per heavy atom. The molecule has 6 heteroatoms. The minimum atomic E-state index is -0.389. The Morgan fingerprint density at radius 3 is 2.88 bits per heavy atom. The van der Waals surface area contributed by atoms with Crippen LogP contribution in [0.5, 0.6) is 5.88 Å². The first-order valence-corrected chi connectivity index (χ1v) is 5.39. The SMILES string of the molecule is COc1ncc(F)cc1Cc1ncc(N)s1. The van der Waals surface area contributed by atoms with E-state index < -0.39 is 0 Å². The van der Waals surface area contributed by atoms with Crippen LogP contribution in [-0.4, -0.2) is 17.1 Å². The Kier molecular flexibility index (Phi) is 3.00. The average Bonchev–Trinajstić information content (AvgIpc) is 2.64. The summed E-state index contributed by atoms with van der Waals surface area (Å²) in [5.74, 6) is 0.0236. The molecule has 2 rings (SSSR count). The van der Waals surface area contributed by atoms with E-state index in [1.165, 1.54) is 24.5 Å². The topological polar surface area (TPSA) is 61.0 Å². The Morgan fingerprint density at radius 1 is 1.44 bits per heavy atom. The van der Waals surface area contributed by atoms with Crippen LogP contribution in [0, 0.1) is 5.82 Å². The van der Waals surface area contributed by atoms with Crippen LogP contribution >= 0.6 is 11.3 Å². The molecule has 16 heavy (non-hydrogen) atoms. The van der Waals surface area contributed by atoms with Gasteiger partial charge < -0.3 is 10.5 Å². The predicted octanol–water partition coefficient (Wildman–Crippen LogP) is 1.86. The first-order chi connectivity index (χ1) is 7.69. The van der Waals surface area contributed by atoms with Gasteiger partial charge in [-0.05, 0) is 6.07 Å². The van der Waals surface area contributed by atoms with Crippen molar-refractivity contribution in [2.24, 2.45) is 0 Å². The fraction of sp³-hybridized carbons (Fsp3) is 0.200. The van der Waals surface area contributed by atoms with Crippen LogP contribution in [0.15, 0.2) is 18.5 Å². The summed E-state index contributed by atoms with van der Waals surface area (Å²) < 4.78 is 18.1. The average molecular weight is 239 g/mol. The van der Waals surface area contributed by atoms with Crippen LogP contribution < -0.4 is 10.5 Å². The second kappa shape index (κ2) is 4.44. The monoisotopic (exact) mass is 239 g/mol. The molecule has 2 heterocycles. The molecule has 0 atom stereocenters. The molecule has 0 fully saturated rings. The highest BCUT2D eigenvalue weighted by atomic mass is 32.1. The molecular weight excluding hydrogens is 229 g/mol. The molecule has 84 valence electrons. The van der Waals surface area contributed by atoms with Crippen LogP contribution in [0.4, 0.5) is 9.39 Å². The number of thiazole rings is 1. The molecule has 4 nitrogen and oxygen atoms in total. The van der Waals surface area contributed by atoms with Crippen molar-refractivity contribution in [2.45, 2.75) is 6.42 Å². The van der Waals surface area contributed by atoms with E-state index in [1.54, 1.807) is 6.20 Å². The highest BCUT2D eigenvalue weighted by Crippen LogP contribution is 2.23. The standard InChI is InChI=1S/C10H10FN3OS/c1-15-10-6(2-7(11)4-14-10)3-9-13-5-8(12)16-9/h2,4-5H,3,12H2,1H3. The third-order valence-corrected chi connectivity index (χ3v) is 2.82. The van der Waals surface area contributed by atoms with Gasteiger partial charge in [0.05, 0.1) is 24.5 Å². The van der Waals surface area contributed by atoms with E-state index >= 15 is 0 Å². The molecule has 2 aromatic heterocycles. The summed E-state index contributed by atoms with van der Waals surface area (Å²) in [6, 6.07) is 1.39. The summed E-state index contributed by atoms with van der Waals surface area (Å²) in [6.07, 6.45) is 3.17. The highest BCUT2D eigenvalue weighted by molar-refractivity contribution is 7.15. The Bertz CT molecular complexity index is 501. The van der Waals surface area contributed by atoms with Gasteiger partial charge in [0, 0.05) is 12.0 Å². The number of ether oxygens (including phenoxy) is 1. The van der Waals surface area contributed by atoms with Gasteiger partial charge in [0.25, 0.3) is 0 Å². The molecule has 2 N–H and O–H groups in total. The second-order valence-corrected chi connectivity index (χ2v) is 4.30. The third-order valence-electron chi connectivity index (χ3n) is 2.00. The van der Waals surface area contributed by atoms with Gasteiger partial charge in [-0.1, -0.05) is 0 Å². The molecule has 2 aromatic rings. The number of nitrogen functional groups attached to an aromatic ring is 1. The van der Waals surface area contributed by atoms with Crippen molar-refractivity contribution in [2.75, 3.05) is 12.8 Å². The van der Waals surface area contributed by atoms with Crippen LogP contribution in [-0.2, 0) is 6.42 Å². The van der Waals surface area contributed by atoms with Gasteiger partial charge in [0.1, 0.15) is 10.8 Å². The molecule has 0 aliphatic rings. The lowest BCUT2D eigenvalue weighted by Crippen LogP contribution is -1.97. The Labute approximate surface area is 95.9 Å². The summed E-state index contributed by atoms with van der Waals surface area (Å²) in [5.41, 5.74) is 6.23. The Balaban J connectivity index is 2.29. The predicted molar refractivity (Wildman–Crippen MR) is 60.1 cm³/mol. The molecule has 0 aromatic carbocycles. The van der Waals surface area contributed by atoms with E-state index in [0.29, 0.717) is 22.9 Å². The molecule has 0 aliphatic heterocycles. The van der Waals surface area contributed by atoms with Crippen LogP contribution in [0.25, 0.3) is 0 Å². The van der Waals surface area contributed by atoms with Crippen molar-refractivity contribution in [1.82, 2.24) is 9.97 Å². The first kappa shape index (κ1) is 10.8. The van der Waals surface area contributed by atoms with Gasteiger partial charge in [-0.15, -0.1) is 11.3 Å². The van der Waals surface area contributed by atoms with Crippen molar-refractivity contribution in [3.05, 3.63) is 34.8 Å². The molecule has 0 radical (unpaired) electrons. The highest BCUT2D eigenvalue weighted by Gasteiger charge is 2.09. The van der Waals surface area contributed by atoms with Crippen molar-refractivity contribution < 1.29 is 9.13 Å². The van der Waals surface area contributed by atoms with Gasteiger partial charge in [-0.25, -0.2) is 14.4 Å². The minimum Gasteiger partial charge on any atom is -0.481 e. The van der Waals surface area contributed by atoms with Crippen LogP contribution in [0.1, 0.15) is 10.6 Å². The van der Waals surface area contributed by atoms with Crippen molar-refractivity contribution in [3.63, 3.8) is 0 Å². The Hall–Kier alpha value is -1.69. The van der Waals surface area contributed by atoms with Gasteiger partial charge in [-0.2, -0.15) is 0 Å². The summed E-state index contributed by atoms with van der Waals surface area (Å²) in [7, 11) is 1.50. The van der Waals surface area contributed by atoms with E-state index in [1.807, 2.05) is 0 Å². The number of methoxy groups -OCH3 is 1. The van der Waals surface area contributed by atoms with Gasteiger partial charge in [-0.3, -0.25) is 0 Å². The van der Waals surface area contributed by atoms with E-state index in [4.69, 9.17) is 10.5 Å². The zero-order chi connectivity index (χ0) is 11.5. The molecule has 0 spiro atoms. The number of anilines is 1. The number of hydrogen-bond donors (Lipinski definition) is 1. The molecule has 0 saturated carbocycles. The number of nitrogens with two attached hydrogens (primary N) is 1. The van der Waals surface area contributed by atoms with E-state index in [-0.39, 0.29) is 5.82 Å². The second-order valence-electron chi connectivity index (χ2n) is 3.16. The van der Waals surface area contributed by atoms with E-state index in [2.05, 4.69) is 9.97 Å². The van der Waals surface area contributed by atoms with Crippen LogP contribution in [0.3, 0.4) is 0 Å². The summed E-state index contributed by atoms with van der Waals surface area (Å²) in [5, 5.41) is 1.45. The molecular formula is C10H10FN3OS. The molecule has 0 aliphatic carbocycles. The summed E-state index contributed by atoms with van der Waals surface area (Å²) in [4.78, 5) is 7.95. The lowest BCUT2D eigenvalue weighted by Gasteiger charge is -2.05. The molecule has 0 bridgehead atoms. The number of pyridine rings is 1. The molecule has 0 amide bonds. The van der Waals surface area contributed by atoms with Crippen molar-refractivity contribution in [3.8, 4) is 5.88 Å². The summed E-state index contributed by atoms with van der Waals surface area (Å²) in [6.45, 7) is 0. The van der Waals surface area contributed by atoms with E-state index in [0.717, 1.165) is 11.2 Å². The fourth-order valence-corrected chi connectivity index (χ4v) is 2.06. The first-order valence-electron chi connectivity index (χ1n) is 4.57. The minimum absolute atomic E-state index is 0.389. The largest absolute Gasteiger partial charge is 0.481 e. The van der Waals surface area contributed by atoms with Gasteiger partial charge in [0.2, 0.25) is 5.88 Å². The van der Waals surface area contributed by atoms with Gasteiger partial charge in [0.15, 0.2) is 0 Å². The zero-order valence-corrected chi connectivity index (χ0v) is 9.42. The number of rotatable bonds is 3. The maximum absolute atomic E-state index is 13.0. The maximum atomic E-state index is 13.0. The normalized spacial score (nSPS) is 10.4. The number of aromatic nitrogens is 2. The lowest BCUT2D eigenvalue weighted by molar-refractivity contribution is 0.391. The van der Waals surface area contributed by atoms with Gasteiger partial charge >= 0.3 is 0 Å². The quantitative estimate of drug-likeness (QED) is 0.888. The van der Waals surface area contributed by atoms with E-state index in [9.17, 15) is 4.39 Å². The van der Waals surface area contributed by atoms with Crippen molar-refractivity contribution >= 4 is 16.3 Å². The number of hydrogen-bond acceptors (Lipinski definition) is 5. The number of halogens is 1. The fourth-order valence-electron chi connectivity index (χ4n) is 1.35. The zero-order valence-electron chi connectivity index (χ0n) is 8.61. The number of nitrogens with zero attached hydrogens (tertiary/aromatic N) is 2. The smallest absolute Gasteiger partial charge is 0.216 e. The molecule has 0 saturated heterocycles.